The molecular formula is C15H26N2O. The summed E-state index contributed by atoms with van der Waals surface area (Å²) >= 11 is 0. The Bertz CT molecular complexity index is 322. The van der Waals surface area contributed by atoms with Crippen molar-refractivity contribution in [3.63, 3.8) is 0 Å². The lowest BCUT2D eigenvalue weighted by Crippen LogP contribution is -2.52. The Morgan fingerprint density at radius 1 is 1.28 bits per heavy atom. The summed E-state index contributed by atoms with van der Waals surface area (Å²) in [5.41, 5.74) is 2.63. The number of methoxy groups -OCH3 is 1. The van der Waals surface area contributed by atoms with Gasteiger partial charge in [-0.3, -0.25) is 0 Å². The fraction of sp³-hybridized carbons (Fsp3) is 0.600. The van der Waals surface area contributed by atoms with Crippen LogP contribution in [0.1, 0.15) is 19.4 Å². The summed E-state index contributed by atoms with van der Waals surface area (Å²) in [4.78, 5) is 2.42. The van der Waals surface area contributed by atoms with Gasteiger partial charge in [0.15, 0.2) is 0 Å². The van der Waals surface area contributed by atoms with E-state index in [0.29, 0.717) is 6.04 Å². The molecule has 1 aliphatic heterocycles. The third kappa shape index (κ3) is 4.31. The van der Waals surface area contributed by atoms with Gasteiger partial charge in [-0.2, -0.15) is 0 Å². The van der Waals surface area contributed by atoms with Gasteiger partial charge in [-0.1, -0.05) is 31.5 Å². The van der Waals surface area contributed by atoms with E-state index in [1.165, 1.54) is 11.3 Å². The molecule has 0 aliphatic carbocycles. The molecule has 0 aromatic heterocycles. The Morgan fingerprint density at radius 3 is 2.56 bits per heavy atom. The number of hydrogen-bond acceptors (Lipinski definition) is 3. The standard InChI is InChI=1S/C13H20N2O.C2H6/c1-11-3-5-13(6-4-11)15-8-7-14-12(9-15)10-16-2;1-2/h3-6,12,14H,7-10H2,1-2H3;1-2H3. The van der Waals surface area contributed by atoms with Crippen LogP contribution >= 0.6 is 0 Å². The summed E-state index contributed by atoms with van der Waals surface area (Å²) in [6.45, 7) is 10.0. The molecule has 2 rings (SSSR count). The fourth-order valence-electron chi connectivity index (χ4n) is 2.13. The lowest BCUT2D eigenvalue weighted by Gasteiger charge is -2.35. The molecule has 0 bridgehead atoms. The summed E-state index contributed by atoms with van der Waals surface area (Å²) in [5.74, 6) is 0. The highest BCUT2D eigenvalue weighted by Gasteiger charge is 2.18. The summed E-state index contributed by atoms with van der Waals surface area (Å²) < 4.78 is 5.20. The van der Waals surface area contributed by atoms with E-state index in [4.69, 9.17) is 4.74 Å². The van der Waals surface area contributed by atoms with Crippen LogP contribution in [0.3, 0.4) is 0 Å². The molecule has 1 heterocycles. The quantitative estimate of drug-likeness (QED) is 0.892. The number of ether oxygens (including phenoxy) is 1. The Morgan fingerprint density at radius 2 is 1.94 bits per heavy atom. The molecule has 0 radical (unpaired) electrons. The van der Waals surface area contributed by atoms with Gasteiger partial charge in [0.25, 0.3) is 0 Å². The van der Waals surface area contributed by atoms with Crippen molar-refractivity contribution >= 4 is 5.69 Å². The number of anilines is 1. The molecule has 3 nitrogen and oxygen atoms in total. The summed E-state index contributed by atoms with van der Waals surface area (Å²) in [5, 5.41) is 3.46. The molecule has 1 atom stereocenters. The molecule has 1 saturated heterocycles. The van der Waals surface area contributed by atoms with E-state index in [1.807, 2.05) is 13.8 Å². The minimum Gasteiger partial charge on any atom is -0.383 e. The third-order valence-corrected chi connectivity index (χ3v) is 3.02. The van der Waals surface area contributed by atoms with Crippen molar-refractivity contribution in [2.75, 3.05) is 38.3 Å². The van der Waals surface area contributed by atoms with E-state index in [-0.39, 0.29) is 0 Å². The van der Waals surface area contributed by atoms with Crippen LogP contribution in [0.4, 0.5) is 5.69 Å². The number of hydrogen-bond donors (Lipinski definition) is 1. The van der Waals surface area contributed by atoms with Crippen molar-refractivity contribution in [2.45, 2.75) is 26.8 Å². The van der Waals surface area contributed by atoms with Crippen molar-refractivity contribution < 1.29 is 4.74 Å². The van der Waals surface area contributed by atoms with Gasteiger partial charge in [0, 0.05) is 38.5 Å². The summed E-state index contributed by atoms with van der Waals surface area (Å²) in [6.07, 6.45) is 0. The van der Waals surface area contributed by atoms with Gasteiger partial charge >= 0.3 is 0 Å². The van der Waals surface area contributed by atoms with E-state index in [2.05, 4.69) is 41.4 Å². The maximum atomic E-state index is 5.20. The maximum absolute atomic E-state index is 5.20. The molecule has 0 amide bonds. The SMILES string of the molecule is CC.COCC1CN(c2ccc(C)cc2)CCN1. The van der Waals surface area contributed by atoms with E-state index < -0.39 is 0 Å². The highest BCUT2D eigenvalue weighted by Crippen LogP contribution is 2.16. The number of aryl methyl sites for hydroxylation is 1. The molecule has 3 heteroatoms. The van der Waals surface area contributed by atoms with Crippen molar-refractivity contribution in [3.05, 3.63) is 29.8 Å². The van der Waals surface area contributed by atoms with Gasteiger partial charge in [-0.05, 0) is 19.1 Å². The predicted octanol–water partition coefficient (Wildman–Crippen LogP) is 2.45. The van der Waals surface area contributed by atoms with Gasteiger partial charge in [0.05, 0.1) is 6.61 Å². The molecule has 1 N–H and O–H groups in total. The highest BCUT2D eigenvalue weighted by atomic mass is 16.5. The average Bonchev–Trinajstić information content (AvgIpc) is 2.43. The van der Waals surface area contributed by atoms with Gasteiger partial charge < -0.3 is 15.0 Å². The Balaban J connectivity index is 0.000000771. The smallest absolute Gasteiger partial charge is 0.0633 e. The molecule has 1 aromatic rings. The summed E-state index contributed by atoms with van der Waals surface area (Å²) in [6, 6.07) is 9.18. The van der Waals surface area contributed by atoms with Crippen LogP contribution in [0.25, 0.3) is 0 Å². The first kappa shape index (κ1) is 15.0. The number of rotatable bonds is 3. The van der Waals surface area contributed by atoms with Crippen LogP contribution in [0.15, 0.2) is 24.3 Å². The second-order valence-electron chi connectivity index (χ2n) is 4.39. The number of nitrogens with zero attached hydrogens (tertiary/aromatic N) is 1. The number of benzene rings is 1. The zero-order valence-corrected chi connectivity index (χ0v) is 12.1. The Labute approximate surface area is 111 Å². The van der Waals surface area contributed by atoms with E-state index in [9.17, 15) is 0 Å². The molecular weight excluding hydrogens is 224 g/mol. The Kier molecular flexibility index (Phi) is 6.76. The van der Waals surface area contributed by atoms with E-state index in [1.54, 1.807) is 7.11 Å². The van der Waals surface area contributed by atoms with Crippen LogP contribution < -0.4 is 10.2 Å². The maximum Gasteiger partial charge on any atom is 0.0633 e. The van der Waals surface area contributed by atoms with Gasteiger partial charge in [-0.15, -0.1) is 0 Å². The number of piperazine rings is 1. The largest absolute Gasteiger partial charge is 0.383 e. The van der Waals surface area contributed by atoms with Gasteiger partial charge in [0.2, 0.25) is 0 Å². The highest BCUT2D eigenvalue weighted by molar-refractivity contribution is 5.48. The third-order valence-electron chi connectivity index (χ3n) is 3.02. The van der Waals surface area contributed by atoms with Crippen LogP contribution in [-0.4, -0.2) is 39.4 Å². The van der Waals surface area contributed by atoms with Crippen molar-refractivity contribution in [1.82, 2.24) is 5.32 Å². The Hall–Kier alpha value is -1.06. The molecule has 18 heavy (non-hydrogen) atoms. The average molecular weight is 250 g/mol. The van der Waals surface area contributed by atoms with Crippen LogP contribution in [0.5, 0.6) is 0 Å². The van der Waals surface area contributed by atoms with Crippen LogP contribution in [0, 0.1) is 6.92 Å². The van der Waals surface area contributed by atoms with Gasteiger partial charge in [-0.25, -0.2) is 0 Å². The zero-order valence-electron chi connectivity index (χ0n) is 12.1. The number of nitrogens with one attached hydrogen (secondary N) is 1. The summed E-state index contributed by atoms with van der Waals surface area (Å²) in [7, 11) is 1.76. The van der Waals surface area contributed by atoms with E-state index in [0.717, 1.165) is 26.2 Å². The normalized spacial score (nSPS) is 19.1. The fourth-order valence-corrected chi connectivity index (χ4v) is 2.13. The molecule has 1 aromatic carbocycles. The minimum absolute atomic E-state index is 0.444. The first-order chi connectivity index (χ1) is 8.79. The van der Waals surface area contributed by atoms with Crippen LogP contribution in [-0.2, 0) is 4.74 Å². The topological polar surface area (TPSA) is 24.5 Å². The molecule has 0 spiro atoms. The monoisotopic (exact) mass is 250 g/mol. The molecule has 0 saturated carbocycles. The molecule has 1 fully saturated rings. The second-order valence-corrected chi connectivity index (χ2v) is 4.39. The minimum atomic E-state index is 0.444. The van der Waals surface area contributed by atoms with E-state index >= 15 is 0 Å². The molecule has 1 aliphatic rings. The lowest BCUT2D eigenvalue weighted by molar-refractivity contribution is 0.163. The van der Waals surface area contributed by atoms with Crippen molar-refractivity contribution in [1.29, 1.82) is 0 Å². The molecule has 102 valence electrons. The van der Waals surface area contributed by atoms with Gasteiger partial charge in [0.1, 0.15) is 0 Å². The first-order valence-electron chi connectivity index (χ1n) is 6.83. The first-order valence-corrected chi connectivity index (χ1v) is 6.83. The lowest BCUT2D eigenvalue weighted by atomic mass is 10.1. The predicted molar refractivity (Wildman–Crippen MR) is 78.4 cm³/mol. The van der Waals surface area contributed by atoms with Crippen molar-refractivity contribution in [2.24, 2.45) is 0 Å². The zero-order chi connectivity index (χ0) is 13.4. The van der Waals surface area contributed by atoms with Crippen LogP contribution in [0.2, 0.25) is 0 Å². The molecule has 1 unspecified atom stereocenters. The van der Waals surface area contributed by atoms with Crippen molar-refractivity contribution in [3.8, 4) is 0 Å². The second kappa shape index (κ2) is 8.11.